The Kier molecular flexibility index (Phi) is 6.69. The summed E-state index contributed by atoms with van der Waals surface area (Å²) in [6.45, 7) is 3.97. The first-order valence-electron chi connectivity index (χ1n) is 8.48. The number of ketones is 1. The first-order chi connectivity index (χ1) is 13.2. The third-order valence-corrected chi connectivity index (χ3v) is 5.20. The molecule has 0 atom stereocenters. The van der Waals surface area contributed by atoms with Gasteiger partial charge in [-0.25, -0.2) is 4.99 Å². The third kappa shape index (κ3) is 5.22. The van der Waals surface area contributed by atoms with Gasteiger partial charge in [-0.05, 0) is 42.0 Å². The number of aliphatic imine (C=N–C) groups is 1. The Bertz CT molecular complexity index is 949. The lowest BCUT2D eigenvalue weighted by Gasteiger charge is -2.07. The molecular weight excluding hydrogens is 370 g/mol. The summed E-state index contributed by atoms with van der Waals surface area (Å²) in [6, 6.07) is 27.3. The van der Waals surface area contributed by atoms with Crippen molar-refractivity contribution in [3.63, 3.8) is 0 Å². The largest absolute Gasteiger partial charge is 0.287 e. The van der Waals surface area contributed by atoms with E-state index in [-0.39, 0.29) is 11.5 Å². The summed E-state index contributed by atoms with van der Waals surface area (Å²) >= 11 is 5.94. The summed E-state index contributed by atoms with van der Waals surface area (Å²) in [5.41, 5.74) is 2.43. The molecule has 0 saturated heterocycles. The van der Waals surface area contributed by atoms with E-state index in [1.54, 1.807) is 11.8 Å². The number of nitrogens with zero attached hydrogens (tertiary/aromatic N) is 1. The fraction of sp³-hybridized carbons (Fsp3) is 0.0435. The third-order valence-electron chi connectivity index (χ3n) is 3.88. The molecule has 0 saturated carbocycles. The lowest BCUT2D eigenvalue weighted by molar-refractivity contribution is 0.106. The van der Waals surface area contributed by atoms with Gasteiger partial charge in [-0.2, -0.15) is 12.6 Å². The molecule has 0 aliphatic carbocycles. The molecule has 27 heavy (non-hydrogen) atoms. The maximum absolute atomic E-state index is 12.8. The monoisotopic (exact) mass is 389 g/mol. The normalized spacial score (nSPS) is 11.2. The Labute approximate surface area is 169 Å². The van der Waals surface area contributed by atoms with Crippen LogP contribution in [0, 0.1) is 0 Å². The van der Waals surface area contributed by atoms with Gasteiger partial charge < -0.3 is 0 Å². The lowest BCUT2D eigenvalue weighted by atomic mass is 10.1. The molecule has 134 valence electrons. The zero-order valence-electron chi connectivity index (χ0n) is 14.7. The predicted molar refractivity (Wildman–Crippen MR) is 118 cm³/mol. The smallest absolute Gasteiger partial charge is 0.208 e. The van der Waals surface area contributed by atoms with Gasteiger partial charge in [0.1, 0.15) is 0 Å². The van der Waals surface area contributed by atoms with Crippen molar-refractivity contribution < 1.29 is 4.79 Å². The van der Waals surface area contributed by atoms with Crippen LogP contribution >= 0.6 is 24.4 Å². The van der Waals surface area contributed by atoms with Crippen LogP contribution < -0.4 is 0 Å². The van der Waals surface area contributed by atoms with Gasteiger partial charge in [0, 0.05) is 21.1 Å². The Hall–Kier alpha value is -2.56. The molecule has 0 spiro atoms. The minimum absolute atomic E-state index is 0.127. The van der Waals surface area contributed by atoms with Gasteiger partial charge in [-0.15, -0.1) is 0 Å². The van der Waals surface area contributed by atoms with Crippen LogP contribution in [0.2, 0.25) is 0 Å². The molecule has 3 rings (SSSR count). The highest BCUT2D eigenvalue weighted by atomic mass is 32.2. The molecule has 0 unspecified atom stereocenters. The average Bonchev–Trinajstić information content (AvgIpc) is 2.73. The van der Waals surface area contributed by atoms with E-state index in [9.17, 15) is 4.79 Å². The van der Waals surface area contributed by atoms with Crippen molar-refractivity contribution in [3.8, 4) is 0 Å². The second-order valence-corrected chi connectivity index (χ2v) is 7.26. The van der Waals surface area contributed by atoms with Crippen molar-refractivity contribution in [2.24, 2.45) is 4.99 Å². The number of hydrogen-bond acceptors (Lipinski definition) is 4. The quantitative estimate of drug-likeness (QED) is 0.302. The van der Waals surface area contributed by atoms with E-state index < -0.39 is 0 Å². The van der Waals surface area contributed by atoms with E-state index in [0.717, 1.165) is 15.4 Å². The van der Waals surface area contributed by atoms with Crippen molar-refractivity contribution in [1.82, 2.24) is 0 Å². The predicted octanol–water partition coefficient (Wildman–Crippen LogP) is 6.06. The lowest BCUT2D eigenvalue weighted by Crippen LogP contribution is -2.16. The van der Waals surface area contributed by atoms with Gasteiger partial charge in [0.25, 0.3) is 0 Å². The number of benzene rings is 3. The molecule has 0 bridgehead atoms. The van der Waals surface area contributed by atoms with Crippen LogP contribution in [0.3, 0.4) is 0 Å². The number of thiol groups is 1. The molecule has 3 aromatic rings. The number of rotatable bonds is 7. The number of carbonyl (C=O) groups is 1. The van der Waals surface area contributed by atoms with Crippen molar-refractivity contribution in [1.29, 1.82) is 0 Å². The van der Waals surface area contributed by atoms with Gasteiger partial charge >= 0.3 is 0 Å². The van der Waals surface area contributed by atoms with Gasteiger partial charge in [0.2, 0.25) is 5.78 Å². The van der Waals surface area contributed by atoms with E-state index >= 15 is 0 Å². The molecule has 0 radical (unpaired) electrons. The summed E-state index contributed by atoms with van der Waals surface area (Å²) in [7, 11) is 0. The number of Topliss-reactive ketones (excluding diaryl/α,β-unsaturated/α-hetero) is 1. The van der Waals surface area contributed by atoms with E-state index in [0.29, 0.717) is 17.0 Å². The molecule has 0 fully saturated rings. The first-order valence-corrected chi connectivity index (χ1v) is 9.92. The zero-order valence-corrected chi connectivity index (χ0v) is 16.4. The molecule has 0 heterocycles. The topological polar surface area (TPSA) is 29.4 Å². The second-order valence-electron chi connectivity index (χ2n) is 5.80. The van der Waals surface area contributed by atoms with Crippen molar-refractivity contribution in [2.75, 3.05) is 5.75 Å². The summed E-state index contributed by atoms with van der Waals surface area (Å²) < 4.78 is 0. The Balaban J connectivity index is 1.75. The van der Waals surface area contributed by atoms with Gasteiger partial charge in [-0.3, -0.25) is 4.79 Å². The summed E-state index contributed by atoms with van der Waals surface area (Å²) in [4.78, 5) is 19.4. The highest BCUT2D eigenvalue weighted by Crippen LogP contribution is 2.27. The van der Waals surface area contributed by atoms with E-state index in [4.69, 9.17) is 0 Å². The Morgan fingerprint density at radius 3 is 1.96 bits per heavy atom. The van der Waals surface area contributed by atoms with Crippen LogP contribution in [-0.2, 0) is 0 Å². The zero-order chi connectivity index (χ0) is 19.1. The van der Waals surface area contributed by atoms with Crippen molar-refractivity contribution in [2.45, 2.75) is 9.79 Å². The highest BCUT2D eigenvalue weighted by molar-refractivity contribution is 7.99. The summed E-state index contributed by atoms with van der Waals surface area (Å²) in [6.07, 6.45) is 0. The molecule has 0 aromatic heterocycles. The van der Waals surface area contributed by atoms with E-state index in [2.05, 4.69) is 36.3 Å². The summed E-state index contributed by atoms with van der Waals surface area (Å²) in [5, 5.41) is 0. The van der Waals surface area contributed by atoms with Crippen molar-refractivity contribution in [3.05, 3.63) is 103 Å². The van der Waals surface area contributed by atoms with Gasteiger partial charge in [-0.1, -0.05) is 66.9 Å². The molecule has 0 aliphatic heterocycles. The van der Waals surface area contributed by atoms with E-state index in [1.165, 1.54) is 0 Å². The van der Waals surface area contributed by atoms with E-state index in [1.807, 2.05) is 72.8 Å². The Morgan fingerprint density at radius 1 is 0.815 bits per heavy atom. The van der Waals surface area contributed by atoms with Crippen LogP contribution in [0.15, 0.2) is 106 Å². The molecule has 0 aliphatic rings. The SMILES string of the molecule is C=C(N=C(CS)C(=O)c1ccc(Sc2ccccc2)cc1)c1ccccc1. The summed E-state index contributed by atoms with van der Waals surface area (Å²) in [5.74, 6) is 0.129. The van der Waals surface area contributed by atoms with Crippen LogP contribution in [0.25, 0.3) is 5.70 Å². The second kappa shape index (κ2) is 9.40. The number of carbonyl (C=O) groups excluding carboxylic acids is 1. The molecule has 0 amide bonds. The van der Waals surface area contributed by atoms with Crippen LogP contribution in [0.4, 0.5) is 0 Å². The van der Waals surface area contributed by atoms with Crippen LogP contribution in [-0.4, -0.2) is 17.2 Å². The Morgan fingerprint density at radius 2 is 1.37 bits per heavy atom. The van der Waals surface area contributed by atoms with Gasteiger partial charge in [0.15, 0.2) is 0 Å². The molecule has 3 aromatic carbocycles. The maximum Gasteiger partial charge on any atom is 0.208 e. The minimum Gasteiger partial charge on any atom is -0.287 e. The van der Waals surface area contributed by atoms with Crippen molar-refractivity contribution >= 4 is 41.6 Å². The molecular formula is C23H19NOS2. The average molecular weight is 390 g/mol. The maximum atomic E-state index is 12.8. The van der Waals surface area contributed by atoms with Crippen LogP contribution in [0.1, 0.15) is 15.9 Å². The van der Waals surface area contributed by atoms with Gasteiger partial charge in [0.05, 0.1) is 11.4 Å². The fourth-order valence-corrected chi connectivity index (χ4v) is 3.53. The fourth-order valence-electron chi connectivity index (χ4n) is 2.48. The first kappa shape index (κ1) is 19.2. The molecule has 2 nitrogen and oxygen atoms in total. The standard InChI is InChI=1S/C23H19NOS2/c1-17(18-8-4-2-5-9-18)24-22(16-26)23(25)19-12-14-21(15-13-19)27-20-10-6-3-7-11-20/h2-15,26H,1,16H2. The highest BCUT2D eigenvalue weighted by Gasteiger charge is 2.14. The number of hydrogen-bond donors (Lipinski definition) is 1. The van der Waals surface area contributed by atoms with Crippen LogP contribution in [0.5, 0.6) is 0 Å². The minimum atomic E-state index is -0.127. The molecule has 4 heteroatoms. The molecule has 0 N–H and O–H groups in total.